The van der Waals surface area contributed by atoms with Crippen molar-refractivity contribution in [3.8, 4) is 0 Å². The highest BCUT2D eigenvalue weighted by Crippen LogP contribution is 2.38. The minimum absolute atomic E-state index is 0.00664. The summed E-state index contributed by atoms with van der Waals surface area (Å²) in [4.78, 5) is 3.84. The fourth-order valence-electron chi connectivity index (χ4n) is 3.30. The topological polar surface area (TPSA) is 70.4 Å². The van der Waals surface area contributed by atoms with E-state index in [-0.39, 0.29) is 21.4 Å². The molecule has 1 saturated heterocycles. The monoisotopic (exact) mass is 452 g/mol. The highest BCUT2D eigenvalue weighted by Gasteiger charge is 2.53. The molecule has 31 heavy (non-hydrogen) atoms. The van der Waals surface area contributed by atoms with Gasteiger partial charge in [-0.15, -0.1) is 0 Å². The Hall–Kier alpha value is -2.37. The molecule has 0 bridgehead atoms. The largest absolute Gasteiger partial charge is 0.497 e. The van der Waals surface area contributed by atoms with Gasteiger partial charge in [0.2, 0.25) is 0 Å². The van der Waals surface area contributed by atoms with Gasteiger partial charge in [-0.05, 0) is 45.9 Å². The molecular weight excluding hydrogens is 432 g/mol. The van der Waals surface area contributed by atoms with Crippen molar-refractivity contribution in [2.45, 2.75) is 50.0 Å². The van der Waals surface area contributed by atoms with Crippen molar-refractivity contribution in [1.82, 2.24) is 8.96 Å². The average Bonchev–Trinajstić information content (AvgIpc) is 3.16. The summed E-state index contributed by atoms with van der Waals surface area (Å²) in [7, 11) is -5.18. The van der Waals surface area contributed by atoms with Crippen LogP contribution in [0.5, 0.6) is 0 Å². The summed E-state index contributed by atoms with van der Waals surface area (Å²) in [5.41, 5.74) is -2.50. The number of halogens is 3. The minimum Gasteiger partial charge on any atom is -0.399 e. The van der Waals surface area contributed by atoms with Gasteiger partial charge in [-0.25, -0.2) is 17.4 Å². The third kappa shape index (κ3) is 3.54. The van der Waals surface area contributed by atoms with Gasteiger partial charge in [-0.2, -0.15) is 13.2 Å². The average molecular weight is 452 g/mol. The van der Waals surface area contributed by atoms with Gasteiger partial charge in [0, 0.05) is 23.2 Å². The highest BCUT2D eigenvalue weighted by molar-refractivity contribution is 7.90. The van der Waals surface area contributed by atoms with Gasteiger partial charge in [0.1, 0.15) is 0 Å². The van der Waals surface area contributed by atoms with Crippen molar-refractivity contribution in [3.63, 3.8) is 0 Å². The summed E-state index contributed by atoms with van der Waals surface area (Å²) in [5.74, 6) is 0. The number of nitrogens with zero attached hydrogens (tertiary/aromatic N) is 2. The normalized spacial score (nSPS) is 18.6. The number of pyridine rings is 1. The summed E-state index contributed by atoms with van der Waals surface area (Å²) in [5, 5.41) is -0.00664. The lowest BCUT2D eigenvalue weighted by molar-refractivity contribution is -0.137. The molecule has 1 aliphatic heterocycles. The van der Waals surface area contributed by atoms with Crippen LogP contribution in [-0.4, -0.2) is 35.7 Å². The number of hydrogen-bond acceptors (Lipinski definition) is 5. The van der Waals surface area contributed by atoms with E-state index >= 15 is 0 Å². The van der Waals surface area contributed by atoms with Crippen molar-refractivity contribution in [2.75, 3.05) is 0 Å². The van der Waals surface area contributed by atoms with Crippen LogP contribution in [0.15, 0.2) is 53.7 Å². The molecule has 0 saturated carbocycles. The molecule has 6 nitrogen and oxygen atoms in total. The molecule has 0 atom stereocenters. The van der Waals surface area contributed by atoms with E-state index in [9.17, 15) is 21.6 Å². The zero-order valence-corrected chi connectivity index (χ0v) is 18.1. The van der Waals surface area contributed by atoms with Crippen LogP contribution in [-0.2, 0) is 25.5 Å². The first-order valence-electron chi connectivity index (χ1n) is 9.48. The Balaban J connectivity index is 1.96. The van der Waals surface area contributed by atoms with E-state index < -0.39 is 40.1 Å². The van der Waals surface area contributed by atoms with Gasteiger partial charge in [0.15, 0.2) is 5.65 Å². The molecule has 0 radical (unpaired) electrons. The smallest absolute Gasteiger partial charge is 0.399 e. The van der Waals surface area contributed by atoms with E-state index in [0.29, 0.717) is 6.20 Å². The maximum Gasteiger partial charge on any atom is 0.497 e. The third-order valence-corrected chi connectivity index (χ3v) is 7.44. The molecule has 0 N–H and O–H groups in total. The van der Waals surface area contributed by atoms with Gasteiger partial charge < -0.3 is 9.31 Å². The Bertz CT molecular complexity index is 1240. The van der Waals surface area contributed by atoms with Crippen LogP contribution in [0, 0.1) is 0 Å². The first kappa shape index (κ1) is 21.9. The Kier molecular flexibility index (Phi) is 4.80. The van der Waals surface area contributed by atoms with Crippen molar-refractivity contribution < 1.29 is 30.9 Å². The van der Waals surface area contributed by atoms with Crippen LogP contribution in [0.4, 0.5) is 13.2 Å². The molecular formula is C20H20BF3N2O4S. The van der Waals surface area contributed by atoms with E-state index in [2.05, 4.69) is 4.98 Å². The van der Waals surface area contributed by atoms with E-state index in [4.69, 9.17) is 9.31 Å². The van der Waals surface area contributed by atoms with Gasteiger partial charge >= 0.3 is 13.3 Å². The standard InChI is InChI=1S/C20H20BF3N2O4S/c1-18(2)19(3,4)30-21(29-18)16-12-26(31(27,28)14-8-6-5-7-9-14)17-15(16)10-13(11-25-17)20(22,23)24/h5-12H,1-4H3. The van der Waals surface area contributed by atoms with Crippen LogP contribution in [0.3, 0.4) is 0 Å². The summed E-state index contributed by atoms with van der Waals surface area (Å²) in [6.45, 7) is 7.19. The van der Waals surface area contributed by atoms with Crippen molar-refractivity contribution in [2.24, 2.45) is 0 Å². The lowest BCUT2D eigenvalue weighted by Crippen LogP contribution is -2.41. The molecule has 3 heterocycles. The number of benzene rings is 1. The Labute approximate surface area is 178 Å². The summed E-state index contributed by atoms with van der Waals surface area (Å²) >= 11 is 0. The van der Waals surface area contributed by atoms with Gasteiger partial charge in [-0.1, -0.05) is 18.2 Å². The van der Waals surface area contributed by atoms with Crippen LogP contribution in [0.1, 0.15) is 33.3 Å². The first-order chi connectivity index (χ1) is 14.2. The fraction of sp³-hybridized carbons (Fsp3) is 0.350. The van der Waals surface area contributed by atoms with Crippen molar-refractivity contribution in [3.05, 3.63) is 54.4 Å². The van der Waals surface area contributed by atoms with E-state index in [1.165, 1.54) is 18.3 Å². The third-order valence-electron chi connectivity index (χ3n) is 5.78. The van der Waals surface area contributed by atoms with Crippen LogP contribution in [0.25, 0.3) is 11.0 Å². The molecule has 3 aromatic rings. The predicted molar refractivity (Wildman–Crippen MR) is 109 cm³/mol. The highest BCUT2D eigenvalue weighted by atomic mass is 32.2. The predicted octanol–water partition coefficient (Wildman–Crippen LogP) is 3.59. The van der Waals surface area contributed by atoms with E-state index in [1.54, 1.807) is 45.9 Å². The molecule has 11 heteroatoms. The maximum absolute atomic E-state index is 13.3. The Morgan fingerprint density at radius 3 is 2.16 bits per heavy atom. The molecule has 0 spiro atoms. The quantitative estimate of drug-likeness (QED) is 0.569. The zero-order chi connectivity index (χ0) is 22.8. The number of fused-ring (bicyclic) bond motifs is 1. The molecule has 0 amide bonds. The van der Waals surface area contributed by atoms with E-state index in [1.807, 2.05) is 0 Å². The van der Waals surface area contributed by atoms with Crippen LogP contribution >= 0.6 is 0 Å². The minimum atomic E-state index is -4.64. The molecule has 1 aliphatic rings. The van der Waals surface area contributed by atoms with Crippen molar-refractivity contribution >= 4 is 33.6 Å². The second kappa shape index (κ2) is 6.82. The number of aromatic nitrogens is 2. The van der Waals surface area contributed by atoms with Gasteiger partial charge in [0.25, 0.3) is 10.0 Å². The number of rotatable bonds is 3. The molecule has 0 aliphatic carbocycles. The fourth-order valence-corrected chi connectivity index (χ4v) is 4.66. The molecule has 0 unspecified atom stereocenters. The van der Waals surface area contributed by atoms with Crippen LogP contribution in [0.2, 0.25) is 0 Å². The molecule has 2 aromatic heterocycles. The van der Waals surface area contributed by atoms with E-state index in [0.717, 1.165) is 10.0 Å². The van der Waals surface area contributed by atoms with Gasteiger partial charge in [0.05, 0.1) is 21.7 Å². The molecule has 1 fully saturated rings. The second-order valence-corrected chi connectivity index (χ2v) is 10.2. The number of alkyl halides is 3. The summed E-state index contributed by atoms with van der Waals surface area (Å²) in [6, 6.07) is 8.46. The molecule has 1 aromatic carbocycles. The lowest BCUT2D eigenvalue weighted by atomic mass is 9.79. The first-order valence-corrected chi connectivity index (χ1v) is 10.9. The summed E-state index contributed by atoms with van der Waals surface area (Å²) in [6.07, 6.45) is -2.80. The second-order valence-electron chi connectivity index (χ2n) is 8.38. The van der Waals surface area contributed by atoms with Crippen LogP contribution < -0.4 is 5.46 Å². The zero-order valence-electron chi connectivity index (χ0n) is 17.3. The van der Waals surface area contributed by atoms with Crippen molar-refractivity contribution in [1.29, 1.82) is 0 Å². The Morgan fingerprint density at radius 2 is 1.61 bits per heavy atom. The summed E-state index contributed by atoms with van der Waals surface area (Å²) < 4.78 is 79.3. The van der Waals surface area contributed by atoms with Gasteiger partial charge in [-0.3, -0.25) is 0 Å². The lowest BCUT2D eigenvalue weighted by Gasteiger charge is -2.32. The number of hydrogen-bond donors (Lipinski definition) is 0. The molecule has 164 valence electrons. The molecule has 4 rings (SSSR count). The maximum atomic E-state index is 13.3. The SMILES string of the molecule is CC1(C)OB(c2cn(S(=O)(=O)c3ccccc3)c3ncc(C(F)(F)F)cc23)OC1(C)C. The Morgan fingerprint density at radius 1 is 1.03 bits per heavy atom.